The molecule has 0 spiro atoms. The SMILES string of the molecule is Fc1c(F)c(F)c(-c2ccc(N(c3ccccc3)c3ccc4c(c3)c3ccccc3n4C3CCCCC3n3c4ccccc4c4cc(N(c5ccccc5)c5ccc(-c6c(F)c(F)c(F)c(F)c6F)cc5)ccc43)cc2)c(F)c1F. The summed E-state index contributed by atoms with van der Waals surface area (Å²) in [5.74, 6) is -20.2. The minimum Gasteiger partial charge on any atom is -0.335 e. The summed E-state index contributed by atoms with van der Waals surface area (Å²) in [5.41, 5.74) is 5.91. The summed E-state index contributed by atoms with van der Waals surface area (Å²) in [6.07, 6.45) is 3.74. The number of anilines is 6. The van der Waals surface area contributed by atoms with Gasteiger partial charge in [0.15, 0.2) is 46.5 Å². The molecular weight excluding hydrogens is 1040 g/mol. The first kappa shape index (κ1) is 50.2. The van der Waals surface area contributed by atoms with E-state index in [-0.39, 0.29) is 23.2 Å². The molecule has 0 aliphatic heterocycles. The largest absolute Gasteiger partial charge is 0.335 e. The molecule has 0 amide bonds. The van der Waals surface area contributed by atoms with Crippen molar-refractivity contribution in [1.29, 1.82) is 0 Å². The molecule has 1 aliphatic rings. The van der Waals surface area contributed by atoms with E-state index in [4.69, 9.17) is 0 Å². The Morgan fingerprint density at radius 1 is 0.275 bits per heavy atom. The molecule has 396 valence electrons. The summed E-state index contributed by atoms with van der Waals surface area (Å²) >= 11 is 0. The number of fused-ring (bicyclic) bond motifs is 6. The fourth-order valence-corrected chi connectivity index (χ4v) is 12.0. The van der Waals surface area contributed by atoms with Crippen molar-refractivity contribution in [3.05, 3.63) is 252 Å². The van der Waals surface area contributed by atoms with E-state index in [1.807, 2.05) is 107 Å². The second-order valence-electron chi connectivity index (χ2n) is 19.9. The van der Waals surface area contributed by atoms with Gasteiger partial charge >= 0.3 is 0 Å². The van der Waals surface area contributed by atoms with Crippen molar-refractivity contribution in [3.63, 3.8) is 0 Å². The van der Waals surface area contributed by atoms with Gasteiger partial charge < -0.3 is 18.9 Å². The summed E-state index contributed by atoms with van der Waals surface area (Å²) in [5, 5.41) is 4.01. The maximum Gasteiger partial charge on any atom is 0.200 e. The van der Waals surface area contributed by atoms with Gasteiger partial charge in [-0.2, -0.15) is 0 Å². The lowest BCUT2D eigenvalue weighted by Gasteiger charge is -2.36. The molecule has 2 aromatic heterocycles. The van der Waals surface area contributed by atoms with E-state index in [9.17, 15) is 43.9 Å². The molecule has 1 aliphatic carbocycles. The predicted octanol–water partition coefficient (Wildman–Crippen LogP) is 19.9. The Balaban J connectivity index is 0.908. The first-order chi connectivity index (χ1) is 38.9. The highest BCUT2D eigenvalue weighted by Crippen LogP contribution is 2.49. The number of hydrogen-bond acceptors (Lipinski definition) is 2. The van der Waals surface area contributed by atoms with E-state index in [1.54, 1.807) is 24.3 Å². The van der Waals surface area contributed by atoms with Crippen LogP contribution in [0.25, 0.3) is 65.9 Å². The Labute approximate surface area is 451 Å². The van der Waals surface area contributed by atoms with Gasteiger partial charge in [0, 0.05) is 77.7 Å². The molecule has 0 bridgehead atoms. The van der Waals surface area contributed by atoms with E-state index in [1.165, 1.54) is 24.3 Å². The zero-order valence-corrected chi connectivity index (χ0v) is 42.0. The van der Waals surface area contributed by atoms with Gasteiger partial charge in [-0.15, -0.1) is 0 Å². The van der Waals surface area contributed by atoms with Crippen LogP contribution in [0.1, 0.15) is 37.8 Å². The van der Waals surface area contributed by atoms with Crippen molar-refractivity contribution in [3.8, 4) is 22.3 Å². The van der Waals surface area contributed by atoms with E-state index >= 15 is 0 Å². The van der Waals surface area contributed by atoms with Crippen LogP contribution in [0.4, 0.5) is 78.0 Å². The highest BCUT2D eigenvalue weighted by molar-refractivity contribution is 6.11. The number of rotatable bonds is 10. The third-order valence-electron chi connectivity index (χ3n) is 15.5. The van der Waals surface area contributed by atoms with Crippen LogP contribution in [0.15, 0.2) is 194 Å². The third-order valence-corrected chi connectivity index (χ3v) is 15.5. The average Bonchev–Trinajstić information content (AvgIpc) is 4.01. The molecule has 0 radical (unpaired) electrons. The Morgan fingerprint density at radius 2 is 0.562 bits per heavy atom. The number of halogens is 10. The van der Waals surface area contributed by atoms with E-state index in [2.05, 4.69) is 57.7 Å². The molecule has 4 nitrogen and oxygen atoms in total. The topological polar surface area (TPSA) is 16.3 Å². The van der Waals surface area contributed by atoms with Gasteiger partial charge in [0.1, 0.15) is 0 Å². The van der Waals surface area contributed by atoms with Crippen molar-refractivity contribution in [2.75, 3.05) is 9.80 Å². The van der Waals surface area contributed by atoms with E-state index in [0.717, 1.165) is 92.0 Å². The van der Waals surface area contributed by atoms with Crippen LogP contribution in [-0.2, 0) is 0 Å². The summed E-state index contributed by atoms with van der Waals surface area (Å²) in [6, 6.07) is 59.7. The van der Waals surface area contributed by atoms with Crippen molar-refractivity contribution in [2.45, 2.75) is 37.8 Å². The molecule has 1 fully saturated rings. The van der Waals surface area contributed by atoms with Gasteiger partial charge in [0.2, 0.25) is 11.6 Å². The molecule has 14 heteroatoms. The van der Waals surface area contributed by atoms with Crippen LogP contribution < -0.4 is 9.80 Å². The summed E-state index contributed by atoms with van der Waals surface area (Å²) in [7, 11) is 0. The average molecular weight is 1080 g/mol. The number of nitrogens with zero attached hydrogens (tertiary/aromatic N) is 4. The highest BCUT2D eigenvalue weighted by atomic mass is 19.2. The lowest BCUT2D eigenvalue weighted by Crippen LogP contribution is -2.26. The van der Waals surface area contributed by atoms with Gasteiger partial charge in [0.05, 0.1) is 23.2 Å². The molecule has 0 N–H and O–H groups in total. The predicted molar refractivity (Wildman–Crippen MR) is 295 cm³/mol. The Hall–Kier alpha value is -9.30. The van der Waals surface area contributed by atoms with Crippen molar-refractivity contribution in [2.24, 2.45) is 0 Å². The molecule has 1 saturated carbocycles. The summed E-state index contributed by atoms with van der Waals surface area (Å²) in [4.78, 5) is 3.94. The molecule has 2 atom stereocenters. The standard InChI is InChI=1S/C66H42F10N4/c67-57-55(58(68)62(72)65(75)61(57)71)37-23-27-41(28-24-37)77(39-13-3-1-4-14-39)43-31-33-51-47(35-43)45-17-7-9-19-49(45)79(51)53-21-11-12-22-54(53)80-50-20-10-8-18-46(50)48-36-44(32-34-52(48)80)78(40-15-5-2-6-16-40)42-29-25-38(26-30-42)56-59(69)63(73)66(76)64(74)60(56)70/h1-10,13-20,23-36,53-54H,11-12,21-22H2. The molecule has 12 aromatic rings. The van der Waals surface area contributed by atoms with Gasteiger partial charge in [-0.1, -0.05) is 110 Å². The van der Waals surface area contributed by atoms with Crippen LogP contribution >= 0.6 is 0 Å². The quantitative estimate of drug-likeness (QED) is 0.0771. The van der Waals surface area contributed by atoms with Gasteiger partial charge in [-0.3, -0.25) is 0 Å². The van der Waals surface area contributed by atoms with Gasteiger partial charge in [0.25, 0.3) is 0 Å². The zero-order valence-electron chi connectivity index (χ0n) is 42.0. The minimum absolute atomic E-state index is 0.0209. The second kappa shape index (κ2) is 19.9. The molecule has 13 rings (SSSR count). The highest BCUT2D eigenvalue weighted by Gasteiger charge is 2.34. The monoisotopic (exact) mass is 1080 g/mol. The van der Waals surface area contributed by atoms with Gasteiger partial charge in [-0.05, 0) is 121 Å². The van der Waals surface area contributed by atoms with Crippen LogP contribution in [0.2, 0.25) is 0 Å². The third kappa shape index (κ3) is 8.06. The fraction of sp³-hybridized carbons (Fsp3) is 0.0909. The van der Waals surface area contributed by atoms with Crippen LogP contribution in [0.5, 0.6) is 0 Å². The van der Waals surface area contributed by atoms with Crippen molar-refractivity contribution in [1.82, 2.24) is 9.13 Å². The Kier molecular flexibility index (Phi) is 12.5. The summed E-state index contributed by atoms with van der Waals surface area (Å²) < 4.78 is 150. The molecule has 0 saturated heterocycles. The summed E-state index contributed by atoms with van der Waals surface area (Å²) in [6.45, 7) is 0. The normalized spacial score (nSPS) is 14.7. The molecular formula is C66H42F10N4. The number of benzene rings is 10. The molecule has 2 unspecified atom stereocenters. The molecule has 80 heavy (non-hydrogen) atoms. The Morgan fingerprint density at radius 3 is 0.925 bits per heavy atom. The van der Waals surface area contributed by atoms with Gasteiger partial charge in [-0.25, -0.2) is 43.9 Å². The van der Waals surface area contributed by atoms with Crippen molar-refractivity contribution < 1.29 is 43.9 Å². The molecule has 2 heterocycles. The van der Waals surface area contributed by atoms with Crippen LogP contribution in [-0.4, -0.2) is 9.13 Å². The minimum atomic E-state index is -2.22. The maximum atomic E-state index is 15.0. The van der Waals surface area contributed by atoms with Crippen LogP contribution in [0.3, 0.4) is 0 Å². The number of para-hydroxylation sites is 4. The maximum absolute atomic E-state index is 15.0. The van der Waals surface area contributed by atoms with Crippen molar-refractivity contribution >= 4 is 77.7 Å². The smallest absolute Gasteiger partial charge is 0.200 e. The fourth-order valence-electron chi connectivity index (χ4n) is 12.0. The van der Waals surface area contributed by atoms with E-state index < -0.39 is 69.3 Å². The first-order valence-corrected chi connectivity index (χ1v) is 25.9. The second-order valence-corrected chi connectivity index (χ2v) is 19.9. The van der Waals surface area contributed by atoms with Crippen LogP contribution in [0, 0.1) is 58.2 Å². The lowest BCUT2D eigenvalue weighted by molar-refractivity contribution is 0.259. The Bertz CT molecular complexity index is 4050. The number of hydrogen-bond donors (Lipinski definition) is 0. The number of aromatic nitrogens is 2. The lowest BCUT2D eigenvalue weighted by atomic mass is 9.89. The molecule has 10 aromatic carbocycles. The van der Waals surface area contributed by atoms with E-state index in [0.29, 0.717) is 11.4 Å². The zero-order chi connectivity index (χ0) is 55.1. The first-order valence-electron chi connectivity index (χ1n) is 25.9.